The second-order valence-electron chi connectivity index (χ2n) is 4.76. The van der Waals surface area contributed by atoms with Crippen molar-refractivity contribution in [1.29, 1.82) is 0 Å². The highest BCUT2D eigenvalue weighted by Crippen LogP contribution is 2.30. The molecule has 5 heteroatoms. The van der Waals surface area contributed by atoms with E-state index in [-0.39, 0.29) is 0 Å². The van der Waals surface area contributed by atoms with Gasteiger partial charge in [0, 0.05) is 6.07 Å². The molecule has 0 N–H and O–H groups in total. The Bertz CT molecular complexity index is 811. The summed E-state index contributed by atoms with van der Waals surface area (Å²) in [5, 5.41) is 0.578. The van der Waals surface area contributed by atoms with Crippen LogP contribution in [0, 0.1) is 6.92 Å². The van der Waals surface area contributed by atoms with Gasteiger partial charge >= 0.3 is 0 Å². The second kappa shape index (κ2) is 5.58. The summed E-state index contributed by atoms with van der Waals surface area (Å²) in [6, 6.07) is 11.7. The summed E-state index contributed by atoms with van der Waals surface area (Å²) in [6.45, 7) is 2.04. The zero-order chi connectivity index (χ0) is 15.0. The Morgan fingerprint density at radius 2 is 2.05 bits per heavy atom. The van der Waals surface area contributed by atoms with E-state index in [0.29, 0.717) is 16.7 Å². The maximum atomic E-state index is 6.10. The maximum Gasteiger partial charge on any atom is 0.139 e. The summed E-state index contributed by atoms with van der Waals surface area (Å²) in [7, 11) is 1.60. The molecule has 1 aromatic heterocycles. The quantitative estimate of drug-likeness (QED) is 0.652. The summed E-state index contributed by atoms with van der Waals surface area (Å²) in [6.07, 6.45) is 0. The average Bonchev–Trinajstić information content (AvgIpc) is 2.88. The van der Waals surface area contributed by atoms with E-state index in [4.69, 9.17) is 27.9 Å². The van der Waals surface area contributed by atoms with Crippen molar-refractivity contribution in [1.82, 2.24) is 9.55 Å². The molecule has 1 heterocycles. The smallest absolute Gasteiger partial charge is 0.139 e. The molecule has 0 bridgehead atoms. The van der Waals surface area contributed by atoms with Crippen LogP contribution in [-0.4, -0.2) is 16.7 Å². The van der Waals surface area contributed by atoms with Gasteiger partial charge in [-0.1, -0.05) is 23.7 Å². The standard InChI is InChI=1S/C16H14Cl2N2O/c1-10-4-3-5-13-16(10)19-15(9-17)20(13)11-6-7-12(18)14(8-11)21-2/h3-8H,9H2,1-2H3. The summed E-state index contributed by atoms with van der Waals surface area (Å²) < 4.78 is 7.33. The summed E-state index contributed by atoms with van der Waals surface area (Å²) in [5.74, 6) is 1.76. The number of hydrogen-bond donors (Lipinski definition) is 0. The van der Waals surface area contributed by atoms with Gasteiger partial charge < -0.3 is 4.74 Å². The van der Waals surface area contributed by atoms with E-state index in [1.54, 1.807) is 7.11 Å². The van der Waals surface area contributed by atoms with Gasteiger partial charge in [0.15, 0.2) is 0 Å². The molecule has 0 atom stereocenters. The first kappa shape index (κ1) is 14.2. The SMILES string of the molecule is COc1cc(-n2c(CCl)nc3c(C)cccc32)ccc1Cl. The molecule has 0 saturated carbocycles. The number of para-hydroxylation sites is 1. The van der Waals surface area contributed by atoms with Crippen LogP contribution in [-0.2, 0) is 5.88 Å². The molecule has 0 saturated heterocycles. The Kier molecular flexibility index (Phi) is 3.79. The van der Waals surface area contributed by atoms with Crippen molar-refractivity contribution in [3.63, 3.8) is 0 Å². The molecule has 0 aliphatic carbocycles. The predicted molar refractivity (Wildman–Crippen MR) is 86.9 cm³/mol. The van der Waals surface area contributed by atoms with Gasteiger partial charge in [-0.05, 0) is 30.7 Å². The van der Waals surface area contributed by atoms with Crippen molar-refractivity contribution in [2.24, 2.45) is 0 Å². The molecule has 21 heavy (non-hydrogen) atoms. The molecule has 0 aliphatic heterocycles. The van der Waals surface area contributed by atoms with Crippen molar-refractivity contribution in [2.45, 2.75) is 12.8 Å². The van der Waals surface area contributed by atoms with Gasteiger partial charge in [0.1, 0.15) is 11.6 Å². The lowest BCUT2D eigenvalue weighted by Gasteiger charge is -2.10. The van der Waals surface area contributed by atoms with Crippen LogP contribution < -0.4 is 4.74 Å². The van der Waals surface area contributed by atoms with Crippen molar-refractivity contribution in [3.05, 3.63) is 52.8 Å². The summed E-state index contributed by atoms with van der Waals surface area (Å²) in [4.78, 5) is 4.64. The number of methoxy groups -OCH3 is 1. The number of halogens is 2. The summed E-state index contributed by atoms with van der Waals surface area (Å²) >= 11 is 12.2. The Hall–Kier alpha value is -1.71. The van der Waals surface area contributed by atoms with Crippen LogP contribution >= 0.6 is 23.2 Å². The lowest BCUT2D eigenvalue weighted by atomic mass is 10.2. The van der Waals surface area contributed by atoms with Gasteiger partial charge in [-0.15, -0.1) is 11.6 Å². The number of aryl methyl sites for hydroxylation is 1. The maximum absolute atomic E-state index is 6.10. The molecule has 3 rings (SSSR count). The molecule has 3 nitrogen and oxygen atoms in total. The van der Waals surface area contributed by atoms with Gasteiger partial charge in [-0.25, -0.2) is 4.98 Å². The average molecular weight is 321 g/mol. The Morgan fingerprint density at radius 1 is 1.24 bits per heavy atom. The van der Waals surface area contributed by atoms with E-state index in [0.717, 1.165) is 28.1 Å². The first-order valence-electron chi connectivity index (χ1n) is 6.52. The fourth-order valence-electron chi connectivity index (χ4n) is 2.45. The lowest BCUT2D eigenvalue weighted by Crippen LogP contribution is -2.00. The minimum absolute atomic E-state index is 0.332. The third kappa shape index (κ3) is 2.37. The molecule has 0 amide bonds. The zero-order valence-corrected chi connectivity index (χ0v) is 13.2. The molecular weight excluding hydrogens is 307 g/mol. The molecule has 0 aliphatic rings. The number of fused-ring (bicyclic) bond motifs is 1. The van der Waals surface area contributed by atoms with Crippen molar-refractivity contribution in [2.75, 3.05) is 7.11 Å². The predicted octanol–water partition coefficient (Wildman–Crippen LogP) is 4.73. The highest BCUT2D eigenvalue weighted by molar-refractivity contribution is 6.32. The molecule has 0 spiro atoms. The first-order valence-corrected chi connectivity index (χ1v) is 7.43. The van der Waals surface area contributed by atoms with Crippen LogP contribution in [0.2, 0.25) is 5.02 Å². The van der Waals surface area contributed by atoms with Crippen LogP contribution in [0.15, 0.2) is 36.4 Å². The number of benzene rings is 2. The van der Waals surface area contributed by atoms with Crippen LogP contribution in [0.25, 0.3) is 16.7 Å². The minimum Gasteiger partial charge on any atom is -0.495 e. The summed E-state index contributed by atoms with van der Waals surface area (Å²) in [5.41, 5.74) is 4.04. The van der Waals surface area contributed by atoms with Crippen molar-refractivity contribution < 1.29 is 4.74 Å². The molecular formula is C16H14Cl2N2O. The third-order valence-electron chi connectivity index (χ3n) is 3.47. The molecule has 0 radical (unpaired) electrons. The molecule has 108 valence electrons. The van der Waals surface area contributed by atoms with E-state index < -0.39 is 0 Å². The van der Waals surface area contributed by atoms with E-state index in [2.05, 4.69) is 4.98 Å². The highest BCUT2D eigenvalue weighted by Gasteiger charge is 2.14. The van der Waals surface area contributed by atoms with Crippen LogP contribution in [0.1, 0.15) is 11.4 Å². The van der Waals surface area contributed by atoms with E-state index in [1.165, 1.54) is 0 Å². The normalized spacial score (nSPS) is 11.0. The lowest BCUT2D eigenvalue weighted by molar-refractivity contribution is 0.415. The fraction of sp³-hybridized carbons (Fsp3) is 0.188. The van der Waals surface area contributed by atoms with E-state index in [9.17, 15) is 0 Å². The Labute approximate surface area is 133 Å². The highest BCUT2D eigenvalue weighted by atomic mass is 35.5. The Balaban J connectivity index is 2.31. The van der Waals surface area contributed by atoms with Crippen LogP contribution in [0.4, 0.5) is 0 Å². The first-order chi connectivity index (χ1) is 10.2. The minimum atomic E-state index is 0.332. The number of ether oxygens (including phenoxy) is 1. The van der Waals surface area contributed by atoms with Gasteiger partial charge in [0.2, 0.25) is 0 Å². The number of alkyl halides is 1. The number of imidazole rings is 1. The Morgan fingerprint density at radius 3 is 2.76 bits per heavy atom. The molecule has 0 unspecified atom stereocenters. The third-order valence-corrected chi connectivity index (χ3v) is 4.02. The largest absolute Gasteiger partial charge is 0.495 e. The second-order valence-corrected chi connectivity index (χ2v) is 5.43. The van der Waals surface area contributed by atoms with Gasteiger partial charge in [-0.3, -0.25) is 4.57 Å². The number of hydrogen-bond acceptors (Lipinski definition) is 2. The topological polar surface area (TPSA) is 27.1 Å². The number of rotatable bonds is 3. The van der Waals surface area contributed by atoms with Crippen molar-refractivity contribution in [3.8, 4) is 11.4 Å². The monoisotopic (exact) mass is 320 g/mol. The van der Waals surface area contributed by atoms with E-state index >= 15 is 0 Å². The number of aromatic nitrogens is 2. The van der Waals surface area contributed by atoms with Gasteiger partial charge in [0.05, 0.1) is 34.7 Å². The van der Waals surface area contributed by atoms with Crippen LogP contribution in [0.5, 0.6) is 5.75 Å². The van der Waals surface area contributed by atoms with Crippen LogP contribution in [0.3, 0.4) is 0 Å². The molecule has 3 aromatic rings. The fourth-order valence-corrected chi connectivity index (χ4v) is 2.83. The van der Waals surface area contributed by atoms with E-state index in [1.807, 2.05) is 47.9 Å². The van der Waals surface area contributed by atoms with Crippen molar-refractivity contribution >= 4 is 34.2 Å². The number of nitrogens with zero attached hydrogens (tertiary/aromatic N) is 2. The van der Waals surface area contributed by atoms with Gasteiger partial charge in [-0.2, -0.15) is 0 Å². The zero-order valence-electron chi connectivity index (χ0n) is 11.7. The molecule has 2 aromatic carbocycles. The molecule has 0 fully saturated rings. The van der Waals surface area contributed by atoms with Gasteiger partial charge in [0.25, 0.3) is 0 Å².